The number of nitrogens with one attached hydrogen (secondary N) is 1. The third-order valence-electron chi connectivity index (χ3n) is 6.32. The number of benzene rings is 3. The Labute approximate surface area is 235 Å². The van der Waals surface area contributed by atoms with E-state index in [0.717, 1.165) is 16.0 Å². The normalized spacial score (nSPS) is 11.7. The number of hydrogen-bond acceptors (Lipinski definition) is 6. The lowest BCUT2D eigenvalue weighted by Gasteiger charge is -2.31. The summed E-state index contributed by atoms with van der Waals surface area (Å²) >= 11 is 1.47. The van der Waals surface area contributed by atoms with Gasteiger partial charge in [0, 0.05) is 13.1 Å². The second kappa shape index (κ2) is 12.4. The molecule has 1 N–H and O–H groups in total. The van der Waals surface area contributed by atoms with Crippen LogP contribution in [-0.2, 0) is 29.2 Å². The highest BCUT2D eigenvalue weighted by Crippen LogP contribution is 2.26. The second-order valence-corrected chi connectivity index (χ2v) is 10.2. The van der Waals surface area contributed by atoms with Gasteiger partial charge < -0.3 is 10.2 Å². The van der Waals surface area contributed by atoms with Gasteiger partial charge in [0.15, 0.2) is 0 Å². The van der Waals surface area contributed by atoms with Gasteiger partial charge in [-0.05, 0) is 52.4 Å². The lowest BCUT2D eigenvalue weighted by Crippen LogP contribution is -2.44. The lowest BCUT2D eigenvalue weighted by molar-refractivity contribution is -0.142. The van der Waals surface area contributed by atoms with Crippen LogP contribution >= 0.6 is 11.3 Å². The molecule has 0 aliphatic carbocycles. The number of halogens is 1. The Hall–Kier alpha value is -4.70. The summed E-state index contributed by atoms with van der Waals surface area (Å²) in [5.41, 5.74) is 3.28. The van der Waals surface area contributed by atoms with E-state index in [1.807, 2.05) is 79.0 Å². The first-order valence-electron chi connectivity index (χ1n) is 12.7. The average molecular weight is 555 g/mol. The number of aromatic nitrogens is 4. The first-order chi connectivity index (χ1) is 19.5. The van der Waals surface area contributed by atoms with Gasteiger partial charge in [0.1, 0.15) is 18.4 Å². The topological polar surface area (TPSA) is 93.0 Å². The molecule has 0 aliphatic rings. The van der Waals surface area contributed by atoms with Crippen molar-refractivity contribution in [2.45, 2.75) is 32.6 Å². The molecule has 10 heteroatoms. The van der Waals surface area contributed by atoms with Gasteiger partial charge in [0.05, 0.1) is 4.88 Å². The Balaban J connectivity index is 1.47. The second-order valence-electron chi connectivity index (χ2n) is 9.29. The molecule has 3 aromatic carbocycles. The molecule has 2 amide bonds. The SMILES string of the molecule is Cc1ccc([C@H](C(=O)NCc2ccccc2)N(Cc2ccc(F)cc2)C(=O)Cn2nnc(-c3cccs3)n2)cc1. The number of thiophene rings is 1. The van der Waals surface area contributed by atoms with Gasteiger partial charge in [-0.2, -0.15) is 4.80 Å². The Morgan fingerprint density at radius 2 is 1.70 bits per heavy atom. The van der Waals surface area contributed by atoms with Crippen molar-refractivity contribution in [3.8, 4) is 10.7 Å². The summed E-state index contributed by atoms with van der Waals surface area (Å²) < 4.78 is 13.7. The maximum atomic E-state index is 13.9. The first-order valence-corrected chi connectivity index (χ1v) is 13.6. The van der Waals surface area contributed by atoms with Crippen LogP contribution in [0, 0.1) is 12.7 Å². The molecule has 5 rings (SSSR count). The van der Waals surface area contributed by atoms with Crippen molar-refractivity contribution < 1.29 is 14.0 Å². The van der Waals surface area contributed by atoms with E-state index < -0.39 is 6.04 Å². The number of tetrazole rings is 1. The molecule has 0 aliphatic heterocycles. The van der Waals surface area contributed by atoms with Crippen LogP contribution in [0.25, 0.3) is 10.7 Å². The number of nitrogens with zero attached hydrogens (tertiary/aromatic N) is 5. The quantitative estimate of drug-likeness (QED) is 0.264. The van der Waals surface area contributed by atoms with Gasteiger partial charge in [-0.25, -0.2) is 4.39 Å². The number of carbonyl (C=O) groups excluding carboxylic acids is 2. The molecule has 8 nitrogen and oxygen atoms in total. The van der Waals surface area contributed by atoms with Crippen molar-refractivity contribution in [2.75, 3.05) is 0 Å². The minimum Gasteiger partial charge on any atom is -0.350 e. The fourth-order valence-corrected chi connectivity index (χ4v) is 4.89. The zero-order chi connectivity index (χ0) is 27.9. The molecule has 2 heterocycles. The summed E-state index contributed by atoms with van der Waals surface area (Å²) in [5.74, 6) is -0.692. The zero-order valence-electron chi connectivity index (χ0n) is 21.8. The fourth-order valence-electron chi connectivity index (χ4n) is 4.24. The van der Waals surface area contributed by atoms with Crippen LogP contribution in [-0.4, -0.2) is 36.9 Å². The van der Waals surface area contributed by atoms with E-state index in [1.165, 1.54) is 33.2 Å². The van der Waals surface area contributed by atoms with Crippen LogP contribution in [0.2, 0.25) is 0 Å². The summed E-state index contributed by atoms with van der Waals surface area (Å²) in [5, 5.41) is 17.4. The summed E-state index contributed by atoms with van der Waals surface area (Å²) in [7, 11) is 0. The summed E-state index contributed by atoms with van der Waals surface area (Å²) in [6.45, 7) is 2.10. The van der Waals surface area contributed by atoms with Crippen LogP contribution in [0.5, 0.6) is 0 Å². The molecule has 0 unspecified atom stereocenters. The van der Waals surface area contributed by atoms with Crippen LogP contribution < -0.4 is 5.32 Å². The molecule has 5 aromatic rings. The molecule has 40 heavy (non-hydrogen) atoms. The summed E-state index contributed by atoms with van der Waals surface area (Å²) in [4.78, 5) is 31.2. The van der Waals surface area contributed by atoms with Crippen molar-refractivity contribution >= 4 is 23.2 Å². The number of carbonyl (C=O) groups is 2. The van der Waals surface area contributed by atoms with Crippen molar-refractivity contribution in [2.24, 2.45) is 0 Å². The van der Waals surface area contributed by atoms with Gasteiger partial charge in [0.2, 0.25) is 17.6 Å². The molecule has 202 valence electrons. The Kier molecular flexibility index (Phi) is 8.36. The van der Waals surface area contributed by atoms with Gasteiger partial charge in [-0.15, -0.1) is 21.5 Å². The summed E-state index contributed by atoms with van der Waals surface area (Å²) in [6, 6.07) is 25.7. The highest BCUT2D eigenvalue weighted by Gasteiger charge is 2.32. The Morgan fingerprint density at radius 1 is 0.950 bits per heavy atom. The Morgan fingerprint density at radius 3 is 2.40 bits per heavy atom. The van der Waals surface area contributed by atoms with Gasteiger partial charge >= 0.3 is 0 Å². The van der Waals surface area contributed by atoms with E-state index in [2.05, 4.69) is 20.7 Å². The van der Waals surface area contributed by atoms with Crippen LogP contribution in [0.1, 0.15) is 28.3 Å². The van der Waals surface area contributed by atoms with E-state index in [4.69, 9.17) is 0 Å². The molecule has 0 radical (unpaired) electrons. The van der Waals surface area contributed by atoms with Crippen LogP contribution in [0.15, 0.2) is 96.4 Å². The van der Waals surface area contributed by atoms with E-state index in [1.54, 1.807) is 12.1 Å². The lowest BCUT2D eigenvalue weighted by atomic mass is 10.0. The fraction of sp³-hybridized carbons (Fsp3) is 0.167. The van der Waals surface area contributed by atoms with Crippen molar-refractivity contribution in [1.29, 1.82) is 0 Å². The average Bonchev–Trinajstić information content (AvgIpc) is 3.67. The van der Waals surface area contributed by atoms with Gasteiger partial charge in [-0.1, -0.05) is 78.4 Å². The summed E-state index contributed by atoms with van der Waals surface area (Å²) in [6.07, 6.45) is 0. The minimum atomic E-state index is -0.956. The zero-order valence-corrected chi connectivity index (χ0v) is 22.6. The van der Waals surface area contributed by atoms with Crippen molar-refractivity contribution in [3.05, 3.63) is 124 Å². The molecule has 0 saturated heterocycles. The highest BCUT2D eigenvalue weighted by molar-refractivity contribution is 7.13. The third kappa shape index (κ3) is 6.65. The molecule has 0 saturated carbocycles. The standard InChI is InChI=1S/C30H27FN6O2S/c1-21-9-13-24(14-10-21)28(30(39)32-18-22-6-3-2-4-7-22)36(19-23-11-15-25(31)16-12-23)27(38)20-37-34-29(33-35-37)26-8-5-17-40-26/h2-17,28H,18-20H2,1H3,(H,32,39)/t28-/m1/s1. The van der Waals surface area contributed by atoms with E-state index in [0.29, 0.717) is 23.5 Å². The van der Waals surface area contributed by atoms with E-state index in [-0.39, 0.29) is 30.7 Å². The van der Waals surface area contributed by atoms with Gasteiger partial charge in [0.25, 0.3) is 0 Å². The molecule has 0 bridgehead atoms. The largest absolute Gasteiger partial charge is 0.350 e. The first kappa shape index (κ1) is 26.9. The monoisotopic (exact) mass is 554 g/mol. The van der Waals surface area contributed by atoms with E-state index >= 15 is 0 Å². The molecule has 0 fully saturated rings. The maximum absolute atomic E-state index is 13.9. The molecular formula is C30H27FN6O2S. The molecule has 1 atom stereocenters. The Bertz CT molecular complexity index is 1550. The van der Waals surface area contributed by atoms with Crippen molar-refractivity contribution in [1.82, 2.24) is 30.4 Å². The molecule has 0 spiro atoms. The maximum Gasteiger partial charge on any atom is 0.247 e. The minimum absolute atomic E-state index is 0.0723. The number of aryl methyl sites for hydroxylation is 1. The van der Waals surface area contributed by atoms with Crippen LogP contribution in [0.3, 0.4) is 0 Å². The van der Waals surface area contributed by atoms with E-state index in [9.17, 15) is 14.0 Å². The molecular weight excluding hydrogens is 527 g/mol. The predicted molar refractivity (Wildman–Crippen MR) is 150 cm³/mol. The smallest absolute Gasteiger partial charge is 0.247 e. The number of amides is 2. The molecule has 2 aromatic heterocycles. The highest BCUT2D eigenvalue weighted by atomic mass is 32.1. The van der Waals surface area contributed by atoms with Crippen LogP contribution in [0.4, 0.5) is 4.39 Å². The number of rotatable bonds is 10. The number of hydrogen-bond donors (Lipinski definition) is 1. The van der Waals surface area contributed by atoms with Crippen molar-refractivity contribution in [3.63, 3.8) is 0 Å². The third-order valence-corrected chi connectivity index (χ3v) is 7.19. The van der Waals surface area contributed by atoms with Gasteiger partial charge in [-0.3, -0.25) is 9.59 Å². The predicted octanol–water partition coefficient (Wildman–Crippen LogP) is 4.94.